The number of aryl methyl sites for hydroxylation is 2. The molecule has 20 heavy (non-hydrogen) atoms. The zero-order chi connectivity index (χ0) is 14.4. The second-order valence-corrected chi connectivity index (χ2v) is 5.22. The monoisotopic (exact) mass is 268 g/mol. The number of benzene rings is 1. The summed E-state index contributed by atoms with van der Waals surface area (Å²) in [7, 11) is 0. The van der Waals surface area contributed by atoms with Gasteiger partial charge in [0.25, 0.3) is 0 Å². The van der Waals surface area contributed by atoms with Crippen LogP contribution in [0.4, 0.5) is 0 Å². The van der Waals surface area contributed by atoms with E-state index < -0.39 is 0 Å². The Bertz CT molecular complexity index is 531. The maximum atomic E-state index is 4.43. The van der Waals surface area contributed by atoms with E-state index in [2.05, 4.69) is 60.5 Å². The molecule has 0 radical (unpaired) electrons. The van der Waals surface area contributed by atoms with E-state index in [1.807, 2.05) is 13.1 Å². The summed E-state index contributed by atoms with van der Waals surface area (Å²) in [6.45, 7) is 7.33. The topological polar surface area (TPSA) is 24.9 Å². The molecule has 106 valence electrons. The fourth-order valence-corrected chi connectivity index (χ4v) is 2.50. The van der Waals surface area contributed by atoms with Crippen molar-refractivity contribution in [3.05, 3.63) is 65.0 Å². The average Bonchev–Trinajstić information content (AvgIpc) is 2.47. The van der Waals surface area contributed by atoms with E-state index in [0.717, 1.165) is 18.7 Å². The van der Waals surface area contributed by atoms with Crippen LogP contribution in [0.15, 0.2) is 42.6 Å². The van der Waals surface area contributed by atoms with Crippen molar-refractivity contribution >= 4 is 0 Å². The quantitative estimate of drug-likeness (QED) is 0.855. The van der Waals surface area contributed by atoms with Crippen LogP contribution in [0.3, 0.4) is 0 Å². The maximum Gasteiger partial charge on any atom is 0.0591 e. The minimum absolute atomic E-state index is 0.227. The molecule has 1 atom stereocenters. The Balaban J connectivity index is 2.32. The number of pyridine rings is 1. The van der Waals surface area contributed by atoms with Crippen LogP contribution in [0.2, 0.25) is 0 Å². The van der Waals surface area contributed by atoms with Gasteiger partial charge in [0.15, 0.2) is 0 Å². The molecular weight excluding hydrogens is 244 g/mol. The highest BCUT2D eigenvalue weighted by atomic mass is 14.9. The largest absolute Gasteiger partial charge is 0.306 e. The Morgan fingerprint density at radius 3 is 2.60 bits per heavy atom. The first-order chi connectivity index (χ1) is 9.74. The third kappa shape index (κ3) is 3.67. The first-order valence-corrected chi connectivity index (χ1v) is 7.49. The predicted octanol–water partition coefficient (Wildman–Crippen LogP) is 4.04. The van der Waals surface area contributed by atoms with Crippen LogP contribution in [0.1, 0.15) is 48.7 Å². The second kappa shape index (κ2) is 7.20. The number of nitrogens with one attached hydrogen (secondary N) is 1. The van der Waals surface area contributed by atoms with Gasteiger partial charge >= 0.3 is 0 Å². The van der Waals surface area contributed by atoms with E-state index in [9.17, 15) is 0 Å². The molecule has 0 amide bonds. The molecule has 2 nitrogen and oxygen atoms in total. The number of hydrogen-bond acceptors (Lipinski definition) is 2. The Labute approximate surface area is 122 Å². The van der Waals surface area contributed by atoms with Gasteiger partial charge in [0.2, 0.25) is 0 Å². The summed E-state index contributed by atoms with van der Waals surface area (Å²) < 4.78 is 0. The van der Waals surface area contributed by atoms with Gasteiger partial charge in [0.1, 0.15) is 0 Å². The average molecular weight is 268 g/mol. The third-order valence-electron chi connectivity index (χ3n) is 3.50. The van der Waals surface area contributed by atoms with Crippen LogP contribution >= 0.6 is 0 Å². The Hall–Kier alpha value is -1.67. The summed E-state index contributed by atoms with van der Waals surface area (Å²) in [5.74, 6) is 0. The number of hydrogen-bond donors (Lipinski definition) is 1. The molecule has 0 fully saturated rings. The van der Waals surface area contributed by atoms with Crippen LogP contribution in [0.25, 0.3) is 0 Å². The summed E-state index contributed by atoms with van der Waals surface area (Å²) in [5.41, 5.74) is 5.02. The molecular formula is C18H24N2. The van der Waals surface area contributed by atoms with Gasteiger partial charge in [-0.25, -0.2) is 0 Å². The summed E-state index contributed by atoms with van der Waals surface area (Å²) in [5, 5.41) is 3.56. The highest BCUT2D eigenvalue weighted by Gasteiger charge is 2.13. The zero-order valence-electron chi connectivity index (χ0n) is 12.7. The second-order valence-electron chi connectivity index (χ2n) is 5.22. The molecule has 0 saturated carbocycles. The summed E-state index contributed by atoms with van der Waals surface area (Å²) >= 11 is 0. The van der Waals surface area contributed by atoms with Crippen molar-refractivity contribution in [1.29, 1.82) is 0 Å². The number of rotatable bonds is 6. The van der Waals surface area contributed by atoms with Crippen molar-refractivity contribution in [2.24, 2.45) is 0 Å². The van der Waals surface area contributed by atoms with Gasteiger partial charge in [-0.05, 0) is 42.6 Å². The van der Waals surface area contributed by atoms with E-state index in [0.29, 0.717) is 0 Å². The van der Waals surface area contributed by atoms with E-state index in [-0.39, 0.29) is 6.04 Å². The molecule has 1 aromatic heterocycles. The van der Waals surface area contributed by atoms with E-state index >= 15 is 0 Å². The minimum Gasteiger partial charge on any atom is -0.306 e. The number of nitrogens with zero attached hydrogens (tertiary/aromatic N) is 1. The lowest BCUT2D eigenvalue weighted by Gasteiger charge is -2.19. The van der Waals surface area contributed by atoms with Gasteiger partial charge in [0, 0.05) is 11.9 Å². The van der Waals surface area contributed by atoms with Crippen LogP contribution < -0.4 is 5.32 Å². The van der Waals surface area contributed by atoms with E-state index in [1.165, 1.54) is 23.1 Å². The van der Waals surface area contributed by atoms with Crippen molar-refractivity contribution < 1.29 is 0 Å². The van der Waals surface area contributed by atoms with E-state index in [4.69, 9.17) is 0 Å². The summed E-state index contributed by atoms with van der Waals surface area (Å²) in [6.07, 6.45) is 4.30. The maximum absolute atomic E-state index is 4.43. The molecule has 2 aromatic rings. The van der Waals surface area contributed by atoms with Gasteiger partial charge in [-0.1, -0.05) is 50.6 Å². The summed E-state index contributed by atoms with van der Waals surface area (Å²) in [6, 6.07) is 13.4. The first-order valence-electron chi connectivity index (χ1n) is 7.49. The fraction of sp³-hybridized carbons (Fsp3) is 0.389. The predicted molar refractivity (Wildman–Crippen MR) is 84.9 cm³/mol. The van der Waals surface area contributed by atoms with Crippen molar-refractivity contribution in [1.82, 2.24) is 10.3 Å². The van der Waals surface area contributed by atoms with Crippen molar-refractivity contribution in [3.63, 3.8) is 0 Å². The molecule has 0 aliphatic rings. The van der Waals surface area contributed by atoms with Crippen LogP contribution in [-0.4, -0.2) is 11.5 Å². The molecule has 2 heteroatoms. The van der Waals surface area contributed by atoms with Crippen LogP contribution in [-0.2, 0) is 6.42 Å². The highest BCUT2D eigenvalue weighted by Crippen LogP contribution is 2.23. The molecule has 0 aliphatic heterocycles. The van der Waals surface area contributed by atoms with Crippen molar-refractivity contribution in [2.75, 3.05) is 6.54 Å². The molecule has 1 heterocycles. The van der Waals surface area contributed by atoms with Crippen LogP contribution in [0, 0.1) is 6.92 Å². The first kappa shape index (κ1) is 14.7. The van der Waals surface area contributed by atoms with Gasteiger partial charge in [-0.3, -0.25) is 4.98 Å². The Morgan fingerprint density at radius 1 is 1.10 bits per heavy atom. The SMILES string of the molecule is CCCc1cccc(C(NCC)c2ccc(C)nc2)c1. The zero-order valence-corrected chi connectivity index (χ0v) is 12.7. The summed E-state index contributed by atoms with van der Waals surface area (Å²) in [4.78, 5) is 4.43. The smallest absolute Gasteiger partial charge is 0.0591 e. The lowest BCUT2D eigenvalue weighted by molar-refractivity contribution is 0.627. The lowest BCUT2D eigenvalue weighted by atomic mass is 9.97. The molecule has 0 spiro atoms. The standard InChI is InChI=1S/C18H24N2/c1-4-7-15-8-6-9-16(12-15)18(19-5-2)17-11-10-14(3)20-13-17/h6,8-13,18-19H,4-5,7H2,1-3H3. The highest BCUT2D eigenvalue weighted by molar-refractivity contribution is 5.33. The molecule has 1 N–H and O–H groups in total. The minimum atomic E-state index is 0.227. The van der Waals surface area contributed by atoms with Gasteiger partial charge in [-0.15, -0.1) is 0 Å². The molecule has 1 unspecified atom stereocenters. The van der Waals surface area contributed by atoms with Gasteiger partial charge in [-0.2, -0.15) is 0 Å². The molecule has 0 bridgehead atoms. The molecule has 2 rings (SSSR count). The van der Waals surface area contributed by atoms with Gasteiger partial charge in [0.05, 0.1) is 6.04 Å². The third-order valence-corrected chi connectivity index (χ3v) is 3.50. The fourth-order valence-electron chi connectivity index (χ4n) is 2.50. The van der Waals surface area contributed by atoms with E-state index in [1.54, 1.807) is 0 Å². The van der Waals surface area contributed by atoms with Crippen molar-refractivity contribution in [2.45, 2.75) is 39.7 Å². The number of aromatic nitrogens is 1. The Kier molecular flexibility index (Phi) is 5.31. The normalized spacial score (nSPS) is 12.3. The molecule has 0 aliphatic carbocycles. The van der Waals surface area contributed by atoms with Gasteiger partial charge < -0.3 is 5.32 Å². The van der Waals surface area contributed by atoms with Crippen molar-refractivity contribution in [3.8, 4) is 0 Å². The molecule has 1 aromatic carbocycles. The Morgan fingerprint density at radius 2 is 1.95 bits per heavy atom. The molecule has 0 saturated heterocycles. The van der Waals surface area contributed by atoms with Crippen LogP contribution in [0.5, 0.6) is 0 Å². The lowest BCUT2D eigenvalue weighted by Crippen LogP contribution is -2.22.